The van der Waals surface area contributed by atoms with E-state index in [1.807, 2.05) is 52.0 Å². The molecule has 0 unspecified atom stereocenters. The van der Waals surface area contributed by atoms with Crippen molar-refractivity contribution in [3.05, 3.63) is 94.0 Å². The third kappa shape index (κ3) is 7.61. The number of aryl methyl sites for hydroxylation is 3. The normalized spacial score (nSPS) is 12.2. The lowest BCUT2D eigenvalue weighted by molar-refractivity contribution is -0.139. The van der Waals surface area contributed by atoms with Crippen LogP contribution in [-0.2, 0) is 26.2 Å². The summed E-state index contributed by atoms with van der Waals surface area (Å²) in [4.78, 5) is 28.4. The Hall–Kier alpha value is -3.36. The Bertz CT molecular complexity index is 1420. The van der Waals surface area contributed by atoms with Crippen LogP contribution < -0.4 is 9.62 Å². The van der Waals surface area contributed by atoms with E-state index in [2.05, 4.69) is 5.32 Å². The molecule has 3 aromatic carbocycles. The second-order valence-corrected chi connectivity index (χ2v) is 12.4. The Morgan fingerprint density at radius 3 is 1.97 bits per heavy atom. The molecular weight excluding hydrogens is 534 g/mol. The summed E-state index contributed by atoms with van der Waals surface area (Å²) >= 11 is 6.16. The molecule has 0 aliphatic heterocycles. The largest absolute Gasteiger partial charge is 0.352 e. The van der Waals surface area contributed by atoms with Crippen molar-refractivity contribution in [1.29, 1.82) is 0 Å². The summed E-state index contributed by atoms with van der Waals surface area (Å²) in [6.07, 6.45) is 0. The zero-order valence-corrected chi connectivity index (χ0v) is 24.8. The average Bonchev–Trinajstić information content (AvgIpc) is 2.86. The summed E-state index contributed by atoms with van der Waals surface area (Å²) in [6.45, 7) is 10.6. The van der Waals surface area contributed by atoms with Crippen LogP contribution in [-0.4, -0.2) is 43.8 Å². The number of carbonyl (C=O) groups excluding carboxylic acids is 2. The number of benzene rings is 3. The van der Waals surface area contributed by atoms with Crippen LogP contribution in [0.3, 0.4) is 0 Å². The van der Waals surface area contributed by atoms with Crippen molar-refractivity contribution in [2.75, 3.05) is 10.8 Å². The van der Waals surface area contributed by atoms with E-state index in [1.165, 1.54) is 17.0 Å². The van der Waals surface area contributed by atoms with Gasteiger partial charge in [-0.3, -0.25) is 13.9 Å². The molecule has 3 aromatic rings. The molecule has 0 heterocycles. The molecule has 1 N–H and O–H groups in total. The molecule has 0 aliphatic carbocycles. The highest BCUT2D eigenvalue weighted by molar-refractivity contribution is 7.92. The van der Waals surface area contributed by atoms with E-state index in [4.69, 9.17) is 11.6 Å². The van der Waals surface area contributed by atoms with E-state index < -0.39 is 28.5 Å². The third-order valence-electron chi connectivity index (χ3n) is 6.39. The van der Waals surface area contributed by atoms with Crippen molar-refractivity contribution in [2.45, 2.75) is 65.1 Å². The van der Waals surface area contributed by atoms with Crippen molar-refractivity contribution in [1.82, 2.24) is 10.2 Å². The number of halogens is 1. The maximum absolute atomic E-state index is 14.0. The number of anilines is 1. The Balaban J connectivity index is 2.06. The molecule has 0 saturated heterocycles. The fourth-order valence-electron chi connectivity index (χ4n) is 4.13. The summed E-state index contributed by atoms with van der Waals surface area (Å²) < 4.78 is 29.0. The van der Waals surface area contributed by atoms with Gasteiger partial charge in [-0.05, 0) is 83.0 Å². The second kappa shape index (κ2) is 12.7. The van der Waals surface area contributed by atoms with E-state index in [1.54, 1.807) is 44.2 Å². The van der Waals surface area contributed by atoms with Gasteiger partial charge < -0.3 is 10.2 Å². The number of nitrogens with zero attached hydrogens (tertiary/aromatic N) is 2. The molecule has 3 rings (SSSR count). The first-order valence-electron chi connectivity index (χ1n) is 12.8. The summed E-state index contributed by atoms with van der Waals surface area (Å²) in [5.74, 6) is -0.826. The zero-order valence-electron chi connectivity index (χ0n) is 23.2. The smallest absolute Gasteiger partial charge is 0.264 e. The van der Waals surface area contributed by atoms with Crippen LogP contribution in [0.15, 0.2) is 71.6 Å². The number of amides is 2. The maximum Gasteiger partial charge on any atom is 0.264 e. The molecule has 1 atom stereocenters. The highest BCUT2D eigenvalue weighted by Crippen LogP contribution is 2.29. The topological polar surface area (TPSA) is 86.8 Å². The predicted octanol–water partition coefficient (Wildman–Crippen LogP) is 5.40. The van der Waals surface area contributed by atoms with Gasteiger partial charge in [0.1, 0.15) is 12.6 Å². The van der Waals surface area contributed by atoms with Gasteiger partial charge in [0.2, 0.25) is 11.8 Å². The van der Waals surface area contributed by atoms with Gasteiger partial charge in [0.05, 0.1) is 10.6 Å². The monoisotopic (exact) mass is 569 g/mol. The van der Waals surface area contributed by atoms with Gasteiger partial charge >= 0.3 is 0 Å². The van der Waals surface area contributed by atoms with Crippen molar-refractivity contribution >= 4 is 39.1 Å². The van der Waals surface area contributed by atoms with Gasteiger partial charge in [-0.2, -0.15) is 0 Å². The molecule has 39 heavy (non-hydrogen) atoms. The number of carbonyl (C=O) groups is 2. The minimum atomic E-state index is -4.14. The Morgan fingerprint density at radius 2 is 1.44 bits per heavy atom. The molecule has 7 nitrogen and oxygen atoms in total. The molecule has 0 radical (unpaired) electrons. The number of hydrogen-bond acceptors (Lipinski definition) is 4. The molecule has 0 saturated carbocycles. The molecule has 2 amide bonds. The lowest BCUT2D eigenvalue weighted by Gasteiger charge is -2.32. The summed E-state index contributed by atoms with van der Waals surface area (Å²) in [6, 6.07) is 18.0. The van der Waals surface area contributed by atoms with Crippen LogP contribution in [0.4, 0.5) is 5.69 Å². The summed E-state index contributed by atoms with van der Waals surface area (Å²) in [7, 11) is -4.14. The van der Waals surface area contributed by atoms with Gasteiger partial charge in [-0.15, -0.1) is 0 Å². The van der Waals surface area contributed by atoms with E-state index in [-0.39, 0.29) is 23.4 Å². The summed E-state index contributed by atoms with van der Waals surface area (Å²) in [5.41, 5.74) is 3.74. The Kier molecular flexibility index (Phi) is 9.80. The minimum Gasteiger partial charge on any atom is -0.352 e. The lowest BCUT2D eigenvalue weighted by atomic mass is 10.1. The van der Waals surface area contributed by atoms with Crippen molar-refractivity contribution in [3.63, 3.8) is 0 Å². The van der Waals surface area contributed by atoms with Crippen molar-refractivity contribution in [2.24, 2.45) is 0 Å². The summed E-state index contributed by atoms with van der Waals surface area (Å²) in [5, 5.41) is 3.31. The van der Waals surface area contributed by atoms with E-state index >= 15 is 0 Å². The zero-order chi connectivity index (χ0) is 28.9. The molecule has 0 aliphatic rings. The molecular formula is C30H36ClN3O4S. The molecule has 208 valence electrons. The van der Waals surface area contributed by atoms with Gasteiger partial charge in [-0.25, -0.2) is 8.42 Å². The first-order chi connectivity index (χ1) is 18.3. The van der Waals surface area contributed by atoms with Crippen LogP contribution in [0.2, 0.25) is 5.02 Å². The molecule has 9 heteroatoms. The third-order valence-corrected chi connectivity index (χ3v) is 8.40. The number of hydrogen-bond donors (Lipinski definition) is 1. The molecule has 0 spiro atoms. The Morgan fingerprint density at radius 1 is 0.872 bits per heavy atom. The standard InChI is InChI=1S/C30H36ClN3O4S/c1-20(2)32-30(36)24(6)33(18-25-11-7-21(3)8-12-25)29(35)19-34(28-16-13-26(31)17-23(28)5)39(37,38)27-14-9-22(4)10-15-27/h7-17,20,24H,18-19H2,1-6H3,(H,32,36)/t24-/m1/s1. The quantitative estimate of drug-likeness (QED) is 0.354. The van der Waals surface area contributed by atoms with Crippen LogP contribution in [0.5, 0.6) is 0 Å². The van der Waals surface area contributed by atoms with Crippen molar-refractivity contribution < 1.29 is 18.0 Å². The highest BCUT2D eigenvalue weighted by Gasteiger charge is 2.33. The minimum absolute atomic E-state index is 0.0610. The SMILES string of the molecule is Cc1ccc(CN(C(=O)CN(c2ccc(Cl)cc2C)S(=O)(=O)c2ccc(C)cc2)[C@H](C)C(=O)NC(C)C)cc1. The molecule has 0 aromatic heterocycles. The molecule has 0 fully saturated rings. The van der Waals surface area contributed by atoms with E-state index in [9.17, 15) is 18.0 Å². The number of rotatable bonds is 10. The van der Waals surface area contributed by atoms with Crippen molar-refractivity contribution in [3.8, 4) is 0 Å². The first kappa shape index (κ1) is 30.2. The fraction of sp³-hybridized carbons (Fsp3) is 0.333. The van der Waals surface area contributed by atoms with E-state index in [0.29, 0.717) is 16.3 Å². The van der Waals surface area contributed by atoms with Crippen LogP contribution in [0.1, 0.15) is 43.0 Å². The first-order valence-corrected chi connectivity index (χ1v) is 14.6. The van der Waals surface area contributed by atoms with Gasteiger partial charge in [-0.1, -0.05) is 59.1 Å². The van der Waals surface area contributed by atoms with Gasteiger partial charge in [0.15, 0.2) is 0 Å². The van der Waals surface area contributed by atoms with Crippen LogP contribution >= 0.6 is 11.6 Å². The lowest BCUT2D eigenvalue weighted by Crippen LogP contribution is -2.52. The number of nitrogens with one attached hydrogen (secondary N) is 1. The van der Waals surface area contributed by atoms with Gasteiger partial charge in [0, 0.05) is 17.6 Å². The highest BCUT2D eigenvalue weighted by atomic mass is 35.5. The Labute approximate surface area is 236 Å². The van der Waals surface area contributed by atoms with E-state index in [0.717, 1.165) is 21.0 Å². The second-order valence-electron chi connectivity index (χ2n) is 10.1. The fourth-order valence-corrected chi connectivity index (χ4v) is 5.83. The average molecular weight is 570 g/mol. The van der Waals surface area contributed by atoms with Crippen LogP contribution in [0.25, 0.3) is 0 Å². The van der Waals surface area contributed by atoms with Crippen LogP contribution in [0, 0.1) is 20.8 Å². The number of sulfonamides is 1. The maximum atomic E-state index is 14.0. The van der Waals surface area contributed by atoms with Gasteiger partial charge in [0.25, 0.3) is 10.0 Å². The predicted molar refractivity (Wildman–Crippen MR) is 156 cm³/mol. The molecule has 0 bridgehead atoms.